The fourth-order valence-electron chi connectivity index (χ4n) is 3.34. The second-order valence-corrected chi connectivity index (χ2v) is 7.73. The Morgan fingerprint density at radius 2 is 2.07 bits per heavy atom. The van der Waals surface area contributed by atoms with Crippen molar-refractivity contribution >= 4 is 17.2 Å². The number of aryl methyl sites for hydroxylation is 1. The molecule has 0 saturated heterocycles. The van der Waals surface area contributed by atoms with Gasteiger partial charge in [-0.25, -0.2) is 14.2 Å². The van der Waals surface area contributed by atoms with Crippen LogP contribution in [-0.4, -0.2) is 25.6 Å². The van der Waals surface area contributed by atoms with E-state index in [0.717, 1.165) is 19.4 Å². The number of hydrogen-bond donors (Lipinski definition) is 2. The summed E-state index contributed by atoms with van der Waals surface area (Å²) in [6.45, 7) is 1.86. The molecule has 3 aromatic heterocycles. The van der Waals surface area contributed by atoms with Crippen LogP contribution in [-0.2, 0) is 19.5 Å². The minimum absolute atomic E-state index is 0.243. The Morgan fingerprint density at radius 3 is 2.83 bits per heavy atom. The summed E-state index contributed by atoms with van der Waals surface area (Å²) >= 11 is 1.69. The van der Waals surface area contributed by atoms with Crippen molar-refractivity contribution in [1.82, 2.24) is 19.1 Å². The molecule has 0 spiro atoms. The van der Waals surface area contributed by atoms with Crippen LogP contribution in [0.25, 0.3) is 11.3 Å². The summed E-state index contributed by atoms with van der Waals surface area (Å²) < 4.78 is 18.1. The highest BCUT2D eigenvalue weighted by Crippen LogP contribution is 2.28. The van der Waals surface area contributed by atoms with Crippen LogP contribution in [0.2, 0.25) is 0 Å². The maximum absolute atomic E-state index is 14.6. The van der Waals surface area contributed by atoms with Crippen LogP contribution in [0, 0.1) is 5.82 Å². The van der Waals surface area contributed by atoms with Crippen molar-refractivity contribution in [3.8, 4) is 11.3 Å². The minimum atomic E-state index is -0.351. The highest BCUT2D eigenvalue weighted by molar-refractivity contribution is 7.09. The number of H-pyrrole nitrogens is 1. The van der Waals surface area contributed by atoms with Crippen molar-refractivity contribution in [1.29, 1.82) is 0 Å². The topological polar surface area (TPSA) is 67.6 Å². The molecule has 2 N–H and O–H groups in total. The standard InChI is InChI=1S/C21H22FN5OS/c22-18-7-2-1-6-17(18)19-20(24-9-8-16-5-3-14-29-16)25-21(28)27(19)12-4-11-26-13-10-23-15-26/h1-3,5-7,10,13-15,24H,4,8-9,11-12H2,(H,25,28). The van der Waals surface area contributed by atoms with Gasteiger partial charge in [0.1, 0.15) is 11.6 Å². The number of imidazole rings is 2. The summed E-state index contributed by atoms with van der Waals surface area (Å²) in [6.07, 6.45) is 6.92. The highest BCUT2D eigenvalue weighted by Gasteiger charge is 2.18. The zero-order valence-electron chi connectivity index (χ0n) is 15.8. The zero-order valence-corrected chi connectivity index (χ0v) is 16.7. The second kappa shape index (κ2) is 8.91. The molecule has 0 aliphatic carbocycles. The molecule has 0 saturated carbocycles. The molecule has 1 aromatic carbocycles. The van der Waals surface area contributed by atoms with Crippen molar-refractivity contribution in [3.63, 3.8) is 0 Å². The van der Waals surface area contributed by atoms with E-state index in [-0.39, 0.29) is 11.5 Å². The number of hydrogen-bond acceptors (Lipinski definition) is 4. The van der Waals surface area contributed by atoms with Crippen LogP contribution in [0.4, 0.5) is 10.2 Å². The monoisotopic (exact) mass is 411 g/mol. The Kier molecular flexibility index (Phi) is 5.90. The average molecular weight is 412 g/mol. The van der Waals surface area contributed by atoms with Crippen molar-refractivity contribution in [2.45, 2.75) is 25.9 Å². The van der Waals surface area contributed by atoms with E-state index >= 15 is 0 Å². The molecule has 0 unspecified atom stereocenters. The Balaban J connectivity index is 1.58. The van der Waals surface area contributed by atoms with E-state index in [2.05, 4.69) is 21.4 Å². The summed E-state index contributed by atoms with van der Waals surface area (Å²) in [5.41, 5.74) is 0.726. The number of anilines is 1. The molecule has 0 amide bonds. The third-order valence-electron chi connectivity index (χ3n) is 4.72. The first-order valence-corrected chi connectivity index (χ1v) is 10.4. The van der Waals surface area contributed by atoms with Crippen molar-refractivity contribution in [2.75, 3.05) is 11.9 Å². The smallest absolute Gasteiger partial charge is 0.327 e. The lowest BCUT2D eigenvalue weighted by molar-refractivity contribution is 0.555. The van der Waals surface area contributed by atoms with Gasteiger partial charge in [-0.15, -0.1) is 11.3 Å². The van der Waals surface area contributed by atoms with E-state index in [0.29, 0.717) is 30.2 Å². The van der Waals surface area contributed by atoms with Gasteiger partial charge in [-0.1, -0.05) is 18.2 Å². The lowest BCUT2D eigenvalue weighted by atomic mass is 10.1. The normalized spacial score (nSPS) is 11.1. The maximum atomic E-state index is 14.6. The largest absolute Gasteiger partial charge is 0.369 e. The van der Waals surface area contributed by atoms with E-state index in [1.54, 1.807) is 46.6 Å². The minimum Gasteiger partial charge on any atom is -0.369 e. The van der Waals surface area contributed by atoms with Crippen LogP contribution in [0.5, 0.6) is 0 Å². The number of benzene rings is 1. The quantitative estimate of drug-likeness (QED) is 0.438. The Labute approximate surface area is 171 Å². The molecule has 0 fully saturated rings. The van der Waals surface area contributed by atoms with E-state index in [4.69, 9.17) is 0 Å². The summed E-state index contributed by atoms with van der Waals surface area (Å²) in [5.74, 6) is 0.204. The molecule has 0 bridgehead atoms. The number of rotatable bonds is 9. The number of thiophene rings is 1. The van der Waals surface area contributed by atoms with E-state index in [1.807, 2.05) is 22.2 Å². The van der Waals surface area contributed by atoms with Crippen molar-refractivity contribution < 1.29 is 4.39 Å². The third-order valence-corrected chi connectivity index (χ3v) is 5.66. The van der Waals surface area contributed by atoms with Gasteiger partial charge in [0.2, 0.25) is 0 Å². The maximum Gasteiger partial charge on any atom is 0.327 e. The third kappa shape index (κ3) is 4.48. The second-order valence-electron chi connectivity index (χ2n) is 6.70. The molecular formula is C21H22FN5OS. The predicted octanol–water partition coefficient (Wildman–Crippen LogP) is 3.99. The van der Waals surface area contributed by atoms with Gasteiger partial charge in [-0.2, -0.15) is 0 Å². The van der Waals surface area contributed by atoms with Gasteiger partial charge < -0.3 is 9.88 Å². The van der Waals surface area contributed by atoms with Gasteiger partial charge >= 0.3 is 5.69 Å². The highest BCUT2D eigenvalue weighted by atomic mass is 32.1. The van der Waals surface area contributed by atoms with Crippen LogP contribution in [0.3, 0.4) is 0 Å². The number of nitrogens with zero attached hydrogens (tertiary/aromatic N) is 3. The fraction of sp³-hybridized carbons (Fsp3) is 0.238. The molecule has 29 heavy (non-hydrogen) atoms. The first kappa shape index (κ1) is 19.2. The van der Waals surface area contributed by atoms with Crippen molar-refractivity contribution in [3.05, 3.63) is 81.7 Å². The molecule has 4 aromatic rings. The average Bonchev–Trinajstić information content (AvgIpc) is 3.46. The van der Waals surface area contributed by atoms with Gasteiger partial charge in [0.15, 0.2) is 0 Å². The Hall–Kier alpha value is -3.13. The van der Waals surface area contributed by atoms with Crippen LogP contribution >= 0.6 is 11.3 Å². The number of aromatic amines is 1. The lowest BCUT2D eigenvalue weighted by Gasteiger charge is -2.12. The fourth-order valence-corrected chi connectivity index (χ4v) is 4.05. The van der Waals surface area contributed by atoms with E-state index in [9.17, 15) is 9.18 Å². The van der Waals surface area contributed by atoms with Gasteiger partial charge in [-0.3, -0.25) is 9.55 Å². The Bertz CT molecular complexity index is 1100. The molecule has 4 rings (SSSR count). The molecule has 0 aliphatic heterocycles. The van der Waals surface area contributed by atoms with Gasteiger partial charge in [0, 0.05) is 42.5 Å². The Morgan fingerprint density at radius 1 is 1.17 bits per heavy atom. The molecule has 6 nitrogen and oxygen atoms in total. The molecule has 3 heterocycles. The number of aromatic nitrogens is 4. The van der Waals surface area contributed by atoms with Crippen LogP contribution in [0.15, 0.2) is 65.3 Å². The van der Waals surface area contributed by atoms with E-state index in [1.165, 1.54) is 10.9 Å². The first-order valence-electron chi connectivity index (χ1n) is 9.52. The molecule has 0 atom stereocenters. The molecule has 0 radical (unpaired) electrons. The van der Waals surface area contributed by atoms with Gasteiger partial charge in [0.05, 0.1) is 12.0 Å². The zero-order chi connectivity index (χ0) is 20.1. The van der Waals surface area contributed by atoms with Crippen LogP contribution in [0.1, 0.15) is 11.3 Å². The summed E-state index contributed by atoms with van der Waals surface area (Å²) in [4.78, 5) is 20.8. The molecule has 0 aliphatic rings. The van der Waals surface area contributed by atoms with E-state index < -0.39 is 0 Å². The predicted molar refractivity (Wildman–Crippen MR) is 114 cm³/mol. The molecule has 8 heteroatoms. The summed E-state index contributed by atoms with van der Waals surface area (Å²) in [7, 11) is 0. The van der Waals surface area contributed by atoms with Crippen molar-refractivity contribution in [2.24, 2.45) is 0 Å². The number of halogens is 1. The van der Waals surface area contributed by atoms with Crippen LogP contribution < -0.4 is 11.0 Å². The summed E-state index contributed by atoms with van der Waals surface area (Å²) in [5, 5.41) is 5.33. The number of nitrogens with one attached hydrogen (secondary N) is 2. The summed E-state index contributed by atoms with van der Waals surface area (Å²) in [6, 6.07) is 10.6. The molecular weight excluding hydrogens is 389 g/mol. The SMILES string of the molecule is O=c1[nH]c(NCCc2cccs2)c(-c2ccccc2F)n1CCCn1ccnc1. The molecule has 150 valence electrons. The first-order chi connectivity index (χ1) is 14.2. The van der Waals surface area contributed by atoms with Gasteiger partial charge in [-0.05, 0) is 36.4 Å². The lowest BCUT2D eigenvalue weighted by Crippen LogP contribution is -2.19. The van der Waals surface area contributed by atoms with Gasteiger partial charge in [0.25, 0.3) is 0 Å².